The van der Waals surface area contributed by atoms with Crippen LogP contribution in [0.2, 0.25) is 0 Å². The zero-order valence-corrected chi connectivity index (χ0v) is 7.94. The van der Waals surface area contributed by atoms with Gasteiger partial charge in [0.05, 0.1) is 11.2 Å². The van der Waals surface area contributed by atoms with E-state index in [1.54, 1.807) is 6.33 Å². The highest BCUT2D eigenvalue weighted by atomic mass is 15.2. The monoisotopic (exact) mass is 175 g/mol. The average Bonchev–Trinajstić information content (AvgIpc) is 2.63. The zero-order valence-electron chi connectivity index (χ0n) is 7.94. The van der Waals surface area contributed by atoms with Crippen LogP contribution in [-0.2, 0) is 0 Å². The number of fused-ring (bicyclic) bond motifs is 1. The Morgan fingerprint density at radius 3 is 3.15 bits per heavy atom. The third-order valence-electron chi connectivity index (χ3n) is 2.44. The van der Waals surface area contributed by atoms with Crippen LogP contribution >= 0.6 is 0 Å². The molecule has 0 saturated heterocycles. The van der Waals surface area contributed by atoms with Crippen molar-refractivity contribution in [2.45, 2.75) is 26.2 Å². The SMILES string of the molecule is CCC(C)c1ncnn2cccc12. The first-order valence-electron chi connectivity index (χ1n) is 4.61. The Hall–Kier alpha value is -1.38. The van der Waals surface area contributed by atoms with Crippen molar-refractivity contribution in [1.82, 2.24) is 14.6 Å². The summed E-state index contributed by atoms with van der Waals surface area (Å²) in [6.45, 7) is 4.36. The van der Waals surface area contributed by atoms with E-state index in [0.29, 0.717) is 5.92 Å². The second kappa shape index (κ2) is 3.17. The molecule has 2 heterocycles. The van der Waals surface area contributed by atoms with Crippen LogP contribution in [0.5, 0.6) is 0 Å². The summed E-state index contributed by atoms with van der Waals surface area (Å²) in [5.41, 5.74) is 2.26. The molecule has 0 amide bonds. The van der Waals surface area contributed by atoms with E-state index in [9.17, 15) is 0 Å². The topological polar surface area (TPSA) is 30.2 Å². The Morgan fingerprint density at radius 2 is 2.38 bits per heavy atom. The fourth-order valence-corrected chi connectivity index (χ4v) is 1.46. The van der Waals surface area contributed by atoms with Crippen molar-refractivity contribution in [3.05, 3.63) is 30.4 Å². The van der Waals surface area contributed by atoms with Crippen LogP contribution in [0, 0.1) is 0 Å². The van der Waals surface area contributed by atoms with Crippen LogP contribution in [-0.4, -0.2) is 14.6 Å². The molecule has 2 rings (SSSR count). The van der Waals surface area contributed by atoms with Crippen molar-refractivity contribution in [1.29, 1.82) is 0 Å². The molecule has 1 atom stereocenters. The quantitative estimate of drug-likeness (QED) is 0.700. The first-order valence-corrected chi connectivity index (χ1v) is 4.61. The van der Waals surface area contributed by atoms with Crippen LogP contribution in [0.15, 0.2) is 24.7 Å². The van der Waals surface area contributed by atoms with Gasteiger partial charge in [-0.05, 0) is 18.6 Å². The largest absolute Gasteiger partial charge is 0.238 e. The van der Waals surface area contributed by atoms with Gasteiger partial charge >= 0.3 is 0 Å². The van der Waals surface area contributed by atoms with Gasteiger partial charge < -0.3 is 0 Å². The summed E-state index contributed by atoms with van der Waals surface area (Å²) in [6.07, 6.45) is 4.68. The number of nitrogens with zero attached hydrogens (tertiary/aromatic N) is 3. The molecular weight excluding hydrogens is 162 g/mol. The molecule has 0 spiro atoms. The van der Waals surface area contributed by atoms with Gasteiger partial charge in [-0.2, -0.15) is 5.10 Å². The molecule has 3 heteroatoms. The number of aromatic nitrogens is 3. The summed E-state index contributed by atoms with van der Waals surface area (Å²) >= 11 is 0. The minimum atomic E-state index is 0.500. The lowest BCUT2D eigenvalue weighted by Crippen LogP contribution is -2.01. The van der Waals surface area contributed by atoms with Gasteiger partial charge in [-0.15, -0.1) is 0 Å². The zero-order chi connectivity index (χ0) is 9.26. The Balaban J connectivity index is 2.60. The highest BCUT2D eigenvalue weighted by Gasteiger charge is 2.08. The molecule has 2 aromatic rings. The Bertz CT molecular complexity index is 405. The van der Waals surface area contributed by atoms with E-state index >= 15 is 0 Å². The van der Waals surface area contributed by atoms with Crippen molar-refractivity contribution in [3.63, 3.8) is 0 Å². The molecule has 13 heavy (non-hydrogen) atoms. The lowest BCUT2D eigenvalue weighted by molar-refractivity contribution is 0.698. The molecule has 3 nitrogen and oxygen atoms in total. The maximum absolute atomic E-state index is 4.32. The minimum absolute atomic E-state index is 0.500. The summed E-state index contributed by atoms with van der Waals surface area (Å²) in [5, 5.41) is 4.12. The van der Waals surface area contributed by atoms with Crippen molar-refractivity contribution in [3.8, 4) is 0 Å². The molecule has 0 aliphatic carbocycles. The molecule has 0 bridgehead atoms. The summed E-state index contributed by atoms with van der Waals surface area (Å²) in [4.78, 5) is 4.32. The second-order valence-electron chi connectivity index (χ2n) is 3.29. The van der Waals surface area contributed by atoms with Gasteiger partial charge in [-0.3, -0.25) is 0 Å². The molecule has 0 N–H and O–H groups in total. The van der Waals surface area contributed by atoms with E-state index in [0.717, 1.165) is 17.6 Å². The van der Waals surface area contributed by atoms with E-state index in [-0.39, 0.29) is 0 Å². The molecule has 1 unspecified atom stereocenters. The standard InChI is InChI=1S/C10H13N3/c1-3-8(2)10-9-5-4-6-13(9)12-7-11-10/h4-8H,3H2,1-2H3. The van der Waals surface area contributed by atoms with Gasteiger partial charge in [0, 0.05) is 12.1 Å². The van der Waals surface area contributed by atoms with Crippen molar-refractivity contribution >= 4 is 5.52 Å². The van der Waals surface area contributed by atoms with Crippen molar-refractivity contribution in [2.75, 3.05) is 0 Å². The van der Waals surface area contributed by atoms with Gasteiger partial charge in [-0.1, -0.05) is 13.8 Å². The van der Waals surface area contributed by atoms with E-state index in [1.807, 2.05) is 16.8 Å². The van der Waals surface area contributed by atoms with Crippen molar-refractivity contribution in [2.24, 2.45) is 0 Å². The summed E-state index contributed by atoms with van der Waals surface area (Å²) < 4.78 is 1.87. The van der Waals surface area contributed by atoms with Crippen molar-refractivity contribution < 1.29 is 0 Å². The number of rotatable bonds is 2. The Labute approximate surface area is 77.4 Å². The molecule has 0 fully saturated rings. The molecular formula is C10H13N3. The van der Waals surface area contributed by atoms with Crippen LogP contribution in [0.4, 0.5) is 0 Å². The maximum Gasteiger partial charge on any atom is 0.136 e. The molecule has 0 radical (unpaired) electrons. The van der Waals surface area contributed by atoms with Crippen LogP contribution in [0.1, 0.15) is 31.9 Å². The summed E-state index contributed by atoms with van der Waals surface area (Å²) in [6, 6.07) is 4.05. The predicted molar refractivity (Wildman–Crippen MR) is 51.7 cm³/mol. The molecule has 0 aliphatic rings. The molecule has 0 aliphatic heterocycles. The van der Waals surface area contributed by atoms with Gasteiger partial charge in [-0.25, -0.2) is 9.50 Å². The summed E-state index contributed by atoms with van der Waals surface area (Å²) in [7, 11) is 0. The number of hydrogen-bond donors (Lipinski definition) is 0. The molecule has 0 saturated carbocycles. The van der Waals surface area contributed by atoms with E-state index in [1.165, 1.54) is 0 Å². The van der Waals surface area contributed by atoms with Gasteiger partial charge in [0.1, 0.15) is 6.33 Å². The van der Waals surface area contributed by atoms with Gasteiger partial charge in [0.15, 0.2) is 0 Å². The molecule has 0 aromatic carbocycles. The highest BCUT2D eigenvalue weighted by molar-refractivity contribution is 5.52. The lowest BCUT2D eigenvalue weighted by Gasteiger charge is -2.08. The number of hydrogen-bond acceptors (Lipinski definition) is 2. The average molecular weight is 175 g/mol. The van der Waals surface area contributed by atoms with Crippen LogP contribution in [0.3, 0.4) is 0 Å². The van der Waals surface area contributed by atoms with Gasteiger partial charge in [0.25, 0.3) is 0 Å². The van der Waals surface area contributed by atoms with E-state index in [2.05, 4.69) is 30.0 Å². The summed E-state index contributed by atoms with van der Waals surface area (Å²) in [5.74, 6) is 0.500. The predicted octanol–water partition coefficient (Wildman–Crippen LogP) is 2.24. The maximum atomic E-state index is 4.32. The Morgan fingerprint density at radius 1 is 1.54 bits per heavy atom. The van der Waals surface area contributed by atoms with Crippen LogP contribution in [0.25, 0.3) is 5.52 Å². The second-order valence-corrected chi connectivity index (χ2v) is 3.29. The van der Waals surface area contributed by atoms with Gasteiger partial charge in [0.2, 0.25) is 0 Å². The first kappa shape index (κ1) is 8.23. The molecule has 68 valence electrons. The van der Waals surface area contributed by atoms with E-state index in [4.69, 9.17) is 0 Å². The fraction of sp³-hybridized carbons (Fsp3) is 0.400. The third-order valence-corrected chi connectivity index (χ3v) is 2.44. The smallest absolute Gasteiger partial charge is 0.136 e. The lowest BCUT2D eigenvalue weighted by atomic mass is 10.0. The minimum Gasteiger partial charge on any atom is -0.238 e. The Kier molecular flexibility index (Phi) is 2.00. The van der Waals surface area contributed by atoms with E-state index < -0.39 is 0 Å². The third kappa shape index (κ3) is 1.30. The normalized spacial score (nSPS) is 13.4. The highest BCUT2D eigenvalue weighted by Crippen LogP contribution is 2.20. The fourth-order valence-electron chi connectivity index (χ4n) is 1.46. The van der Waals surface area contributed by atoms with Crippen LogP contribution < -0.4 is 0 Å². The molecule has 2 aromatic heterocycles. The first-order chi connectivity index (χ1) is 6.33.